The van der Waals surface area contributed by atoms with Crippen LogP contribution >= 0.6 is 0 Å². The van der Waals surface area contributed by atoms with Gasteiger partial charge in [-0.15, -0.1) is 0 Å². The van der Waals surface area contributed by atoms with Gasteiger partial charge in [-0.05, 0) is 19.4 Å². The molecule has 0 saturated carbocycles. The van der Waals surface area contributed by atoms with Gasteiger partial charge in [-0.2, -0.15) is 0 Å². The Balaban J connectivity index is 1.64. The van der Waals surface area contributed by atoms with Crippen LogP contribution in [0.15, 0.2) is 4.42 Å². The van der Waals surface area contributed by atoms with Crippen molar-refractivity contribution in [3.63, 3.8) is 0 Å². The van der Waals surface area contributed by atoms with Gasteiger partial charge in [0.1, 0.15) is 17.5 Å². The van der Waals surface area contributed by atoms with Crippen LogP contribution in [0.2, 0.25) is 0 Å². The monoisotopic (exact) mass is 321 g/mol. The molecule has 6 heteroatoms. The highest BCUT2D eigenvalue weighted by Crippen LogP contribution is 2.22. The number of ether oxygens (including phenoxy) is 1. The standard InChI is InChI=1S/C17H27N3O3/c1-12(2)4-5-16-18-13-10-20(7-6-15(13)23-16)17(21)14-11-22-9-8-19(14)3/h12,14H,4-11H2,1-3H3/t14-/m0/s1. The van der Waals surface area contributed by atoms with E-state index in [0.29, 0.717) is 32.2 Å². The molecule has 2 aliphatic rings. The smallest absolute Gasteiger partial charge is 0.242 e. The van der Waals surface area contributed by atoms with Gasteiger partial charge < -0.3 is 14.1 Å². The minimum Gasteiger partial charge on any atom is -0.445 e. The fourth-order valence-electron chi connectivity index (χ4n) is 3.12. The highest BCUT2D eigenvalue weighted by molar-refractivity contribution is 5.82. The van der Waals surface area contributed by atoms with Crippen LogP contribution in [0.5, 0.6) is 0 Å². The molecule has 0 unspecified atom stereocenters. The molecule has 0 radical (unpaired) electrons. The Kier molecular flexibility index (Phi) is 5.02. The molecule has 128 valence electrons. The van der Waals surface area contributed by atoms with Crippen LogP contribution in [-0.2, 0) is 28.9 Å². The topological polar surface area (TPSA) is 58.8 Å². The average molecular weight is 321 g/mol. The molecule has 6 nitrogen and oxygen atoms in total. The predicted molar refractivity (Wildman–Crippen MR) is 86.0 cm³/mol. The van der Waals surface area contributed by atoms with E-state index in [4.69, 9.17) is 9.15 Å². The maximum absolute atomic E-state index is 12.7. The minimum atomic E-state index is -0.169. The van der Waals surface area contributed by atoms with Crippen LogP contribution in [0.25, 0.3) is 0 Å². The molecule has 0 aliphatic carbocycles. The number of rotatable bonds is 4. The lowest BCUT2D eigenvalue weighted by molar-refractivity contribution is -0.143. The van der Waals surface area contributed by atoms with Gasteiger partial charge >= 0.3 is 0 Å². The molecule has 1 fully saturated rings. The fourth-order valence-corrected chi connectivity index (χ4v) is 3.12. The van der Waals surface area contributed by atoms with E-state index >= 15 is 0 Å². The number of likely N-dealkylation sites (N-methyl/N-ethyl adjacent to an activating group) is 1. The Hall–Kier alpha value is -1.40. The fraction of sp³-hybridized carbons (Fsp3) is 0.765. The zero-order valence-electron chi connectivity index (χ0n) is 14.4. The molecule has 1 aromatic rings. The minimum absolute atomic E-state index is 0.143. The maximum atomic E-state index is 12.7. The van der Waals surface area contributed by atoms with Gasteiger partial charge in [0.15, 0.2) is 5.89 Å². The van der Waals surface area contributed by atoms with Gasteiger partial charge in [0.2, 0.25) is 5.91 Å². The summed E-state index contributed by atoms with van der Waals surface area (Å²) < 4.78 is 11.3. The molecular formula is C17H27N3O3. The van der Waals surface area contributed by atoms with Gasteiger partial charge in [0.25, 0.3) is 0 Å². The molecule has 1 aromatic heterocycles. The van der Waals surface area contributed by atoms with E-state index in [2.05, 4.69) is 23.7 Å². The van der Waals surface area contributed by atoms with Crippen molar-refractivity contribution in [3.8, 4) is 0 Å². The SMILES string of the molecule is CC(C)CCc1nc2c(o1)CCN(C(=O)[C@@H]1COCCN1C)C2. The van der Waals surface area contributed by atoms with Crippen molar-refractivity contribution in [2.45, 2.75) is 45.7 Å². The van der Waals surface area contributed by atoms with Crippen LogP contribution in [0.1, 0.15) is 37.6 Å². The summed E-state index contributed by atoms with van der Waals surface area (Å²) in [5, 5.41) is 0. The highest BCUT2D eigenvalue weighted by Gasteiger charge is 2.33. The van der Waals surface area contributed by atoms with Crippen LogP contribution in [0, 0.1) is 5.92 Å². The quantitative estimate of drug-likeness (QED) is 0.841. The van der Waals surface area contributed by atoms with E-state index in [9.17, 15) is 4.79 Å². The second-order valence-corrected chi connectivity index (χ2v) is 6.99. The molecule has 0 bridgehead atoms. The molecule has 0 N–H and O–H groups in total. The highest BCUT2D eigenvalue weighted by atomic mass is 16.5. The van der Waals surface area contributed by atoms with E-state index < -0.39 is 0 Å². The van der Waals surface area contributed by atoms with Gasteiger partial charge in [0, 0.05) is 25.9 Å². The average Bonchev–Trinajstić information content (AvgIpc) is 2.94. The lowest BCUT2D eigenvalue weighted by Gasteiger charge is -2.36. The van der Waals surface area contributed by atoms with E-state index in [1.807, 2.05) is 11.9 Å². The lowest BCUT2D eigenvalue weighted by atomic mass is 10.1. The number of amides is 1. The molecule has 2 aliphatic heterocycles. The van der Waals surface area contributed by atoms with Crippen LogP contribution in [0.3, 0.4) is 0 Å². The number of aromatic nitrogens is 1. The van der Waals surface area contributed by atoms with Crippen LogP contribution < -0.4 is 0 Å². The largest absolute Gasteiger partial charge is 0.445 e. The first-order valence-electron chi connectivity index (χ1n) is 8.59. The lowest BCUT2D eigenvalue weighted by Crippen LogP contribution is -2.54. The number of carbonyl (C=O) groups excluding carboxylic acids is 1. The summed E-state index contributed by atoms with van der Waals surface area (Å²) >= 11 is 0. The first-order valence-corrected chi connectivity index (χ1v) is 8.59. The zero-order valence-corrected chi connectivity index (χ0v) is 14.4. The normalized spacial score (nSPS) is 22.4. The third kappa shape index (κ3) is 3.75. The third-order valence-corrected chi connectivity index (χ3v) is 4.70. The maximum Gasteiger partial charge on any atom is 0.242 e. The van der Waals surface area contributed by atoms with Crippen molar-refractivity contribution >= 4 is 5.91 Å². The first-order chi connectivity index (χ1) is 11.0. The first kappa shape index (κ1) is 16.5. The summed E-state index contributed by atoms with van der Waals surface area (Å²) in [6, 6.07) is -0.169. The molecule has 3 rings (SSSR count). The summed E-state index contributed by atoms with van der Waals surface area (Å²) in [6.07, 6.45) is 2.71. The molecule has 1 atom stereocenters. The van der Waals surface area contributed by atoms with Crippen molar-refractivity contribution in [1.29, 1.82) is 0 Å². The van der Waals surface area contributed by atoms with Crippen molar-refractivity contribution < 1.29 is 13.9 Å². The second-order valence-electron chi connectivity index (χ2n) is 6.99. The summed E-state index contributed by atoms with van der Waals surface area (Å²) in [6.45, 7) is 7.65. The summed E-state index contributed by atoms with van der Waals surface area (Å²) in [4.78, 5) is 21.3. The van der Waals surface area contributed by atoms with Crippen molar-refractivity contribution in [2.75, 3.05) is 33.4 Å². The number of nitrogens with zero attached hydrogens (tertiary/aromatic N) is 3. The second kappa shape index (κ2) is 7.01. The van der Waals surface area contributed by atoms with Crippen molar-refractivity contribution in [2.24, 2.45) is 5.92 Å². The van der Waals surface area contributed by atoms with E-state index in [1.54, 1.807) is 0 Å². The van der Waals surface area contributed by atoms with Gasteiger partial charge in [0.05, 0.1) is 19.8 Å². The van der Waals surface area contributed by atoms with E-state index in [0.717, 1.165) is 43.2 Å². The van der Waals surface area contributed by atoms with Gasteiger partial charge in [-0.1, -0.05) is 13.8 Å². The molecule has 1 saturated heterocycles. The van der Waals surface area contributed by atoms with E-state index in [1.165, 1.54) is 0 Å². The van der Waals surface area contributed by atoms with Gasteiger partial charge in [-0.25, -0.2) is 4.98 Å². The predicted octanol–water partition coefficient (Wildman–Crippen LogP) is 1.48. The van der Waals surface area contributed by atoms with Crippen molar-refractivity contribution in [3.05, 3.63) is 17.3 Å². The molecule has 23 heavy (non-hydrogen) atoms. The molecule has 0 spiro atoms. The van der Waals surface area contributed by atoms with Crippen LogP contribution in [-0.4, -0.2) is 60.1 Å². The Bertz CT molecular complexity index is 555. The molecular weight excluding hydrogens is 294 g/mol. The number of oxazole rings is 1. The molecule has 3 heterocycles. The number of hydrogen-bond acceptors (Lipinski definition) is 5. The van der Waals surface area contributed by atoms with E-state index in [-0.39, 0.29) is 11.9 Å². The Morgan fingerprint density at radius 3 is 2.96 bits per heavy atom. The number of hydrogen-bond donors (Lipinski definition) is 0. The Labute approximate surface area is 137 Å². The molecule has 1 amide bonds. The number of carbonyl (C=O) groups is 1. The molecule has 0 aromatic carbocycles. The number of fused-ring (bicyclic) bond motifs is 1. The third-order valence-electron chi connectivity index (χ3n) is 4.70. The van der Waals surface area contributed by atoms with Crippen molar-refractivity contribution in [1.82, 2.24) is 14.8 Å². The number of morpholine rings is 1. The summed E-state index contributed by atoms with van der Waals surface area (Å²) in [5.41, 5.74) is 0.933. The summed E-state index contributed by atoms with van der Waals surface area (Å²) in [7, 11) is 1.99. The Morgan fingerprint density at radius 1 is 1.39 bits per heavy atom. The zero-order chi connectivity index (χ0) is 16.4. The van der Waals surface area contributed by atoms with Crippen LogP contribution in [0.4, 0.5) is 0 Å². The number of aryl methyl sites for hydroxylation is 1. The van der Waals surface area contributed by atoms with Gasteiger partial charge in [-0.3, -0.25) is 9.69 Å². The Morgan fingerprint density at radius 2 is 2.22 bits per heavy atom. The summed E-state index contributed by atoms with van der Waals surface area (Å²) in [5.74, 6) is 2.56.